The number of amides is 1. The maximum Gasteiger partial charge on any atom is 0.347 e. The van der Waals surface area contributed by atoms with Gasteiger partial charge in [-0.3, -0.25) is 4.79 Å². The average Bonchev–Trinajstić information content (AvgIpc) is 2.61. The Morgan fingerprint density at radius 1 is 0.958 bits per heavy atom. The predicted octanol–water partition coefficient (Wildman–Crippen LogP) is 2.87. The van der Waals surface area contributed by atoms with Crippen molar-refractivity contribution in [2.24, 2.45) is 0 Å². The van der Waals surface area contributed by atoms with Crippen LogP contribution in [0.25, 0.3) is 0 Å². The van der Waals surface area contributed by atoms with Crippen LogP contribution in [0.3, 0.4) is 0 Å². The van der Waals surface area contributed by atoms with Crippen LogP contribution in [0.1, 0.15) is 25.5 Å². The lowest BCUT2D eigenvalue weighted by Gasteiger charge is -2.16. The second kappa shape index (κ2) is 8.72. The molecule has 0 aliphatic heterocycles. The van der Waals surface area contributed by atoms with Crippen LogP contribution >= 0.6 is 0 Å². The molecule has 0 aliphatic rings. The van der Waals surface area contributed by atoms with E-state index in [-0.39, 0.29) is 18.6 Å². The van der Waals surface area contributed by atoms with Gasteiger partial charge in [-0.25, -0.2) is 4.79 Å². The summed E-state index contributed by atoms with van der Waals surface area (Å²) in [6.07, 6.45) is -0.785. The molecule has 2 aromatic rings. The zero-order chi connectivity index (χ0) is 17.4. The molecule has 0 aliphatic carbocycles. The fourth-order valence-corrected chi connectivity index (χ4v) is 2.11. The second-order valence-electron chi connectivity index (χ2n) is 5.38. The SMILES string of the molecule is C[C@H](NC(=O)COC(=O)[C@@H](C)Oc1ccccc1)c1ccccc1. The van der Waals surface area contributed by atoms with Gasteiger partial charge in [-0.05, 0) is 31.5 Å². The summed E-state index contributed by atoms with van der Waals surface area (Å²) >= 11 is 0. The first-order valence-electron chi connectivity index (χ1n) is 7.79. The van der Waals surface area contributed by atoms with Crippen LogP contribution < -0.4 is 10.1 Å². The van der Waals surface area contributed by atoms with E-state index in [0.29, 0.717) is 5.75 Å². The molecule has 0 saturated carbocycles. The number of carbonyl (C=O) groups excluding carboxylic acids is 2. The Morgan fingerprint density at radius 2 is 1.54 bits per heavy atom. The Balaban J connectivity index is 1.75. The van der Waals surface area contributed by atoms with Crippen LogP contribution in [-0.4, -0.2) is 24.6 Å². The van der Waals surface area contributed by atoms with E-state index >= 15 is 0 Å². The summed E-state index contributed by atoms with van der Waals surface area (Å²) in [5.74, 6) is -0.364. The average molecular weight is 327 g/mol. The summed E-state index contributed by atoms with van der Waals surface area (Å²) < 4.78 is 10.5. The van der Waals surface area contributed by atoms with Gasteiger partial charge < -0.3 is 14.8 Å². The van der Waals surface area contributed by atoms with Gasteiger partial charge in [0.2, 0.25) is 0 Å². The van der Waals surface area contributed by atoms with E-state index in [9.17, 15) is 9.59 Å². The van der Waals surface area contributed by atoms with Gasteiger partial charge in [0.15, 0.2) is 12.7 Å². The molecule has 0 bridgehead atoms. The first kappa shape index (κ1) is 17.5. The Hall–Kier alpha value is -2.82. The van der Waals surface area contributed by atoms with E-state index in [4.69, 9.17) is 9.47 Å². The number of benzene rings is 2. The number of ether oxygens (including phenoxy) is 2. The van der Waals surface area contributed by atoms with Crippen molar-refractivity contribution in [3.8, 4) is 5.75 Å². The molecular formula is C19H21NO4. The highest BCUT2D eigenvalue weighted by Crippen LogP contribution is 2.12. The molecule has 0 saturated heterocycles. The third-order valence-corrected chi connectivity index (χ3v) is 3.41. The van der Waals surface area contributed by atoms with Crippen LogP contribution in [0.5, 0.6) is 5.75 Å². The first-order valence-corrected chi connectivity index (χ1v) is 7.79. The highest BCUT2D eigenvalue weighted by Gasteiger charge is 2.18. The quantitative estimate of drug-likeness (QED) is 0.794. The van der Waals surface area contributed by atoms with Gasteiger partial charge in [0.25, 0.3) is 5.91 Å². The molecule has 2 rings (SSSR count). The van der Waals surface area contributed by atoms with Gasteiger partial charge >= 0.3 is 5.97 Å². The molecule has 5 nitrogen and oxygen atoms in total. The number of nitrogens with one attached hydrogen (secondary N) is 1. The third kappa shape index (κ3) is 5.43. The van der Waals surface area contributed by atoms with E-state index in [2.05, 4.69) is 5.32 Å². The molecule has 0 spiro atoms. The van der Waals surface area contributed by atoms with Crippen molar-refractivity contribution in [3.05, 3.63) is 66.2 Å². The molecular weight excluding hydrogens is 306 g/mol. The van der Waals surface area contributed by atoms with Gasteiger partial charge in [0.05, 0.1) is 6.04 Å². The fourth-order valence-electron chi connectivity index (χ4n) is 2.11. The lowest BCUT2D eigenvalue weighted by Crippen LogP contribution is -2.34. The number of para-hydroxylation sites is 1. The van der Waals surface area contributed by atoms with Gasteiger partial charge in [0, 0.05) is 0 Å². The zero-order valence-electron chi connectivity index (χ0n) is 13.8. The molecule has 2 atom stereocenters. The smallest absolute Gasteiger partial charge is 0.347 e. The molecule has 1 N–H and O–H groups in total. The van der Waals surface area contributed by atoms with Gasteiger partial charge in [-0.2, -0.15) is 0 Å². The van der Waals surface area contributed by atoms with Crippen LogP contribution in [0, 0.1) is 0 Å². The van der Waals surface area contributed by atoms with Crippen molar-refractivity contribution in [3.63, 3.8) is 0 Å². The van der Waals surface area contributed by atoms with Crippen molar-refractivity contribution >= 4 is 11.9 Å². The molecule has 0 radical (unpaired) electrons. The fraction of sp³-hybridized carbons (Fsp3) is 0.263. The van der Waals surface area contributed by atoms with Crippen molar-refractivity contribution < 1.29 is 19.1 Å². The van der Waals surface area contributed by atoms with Crippen molar-refractivity contribution in [1.82, 2.24) is 5.32 Å². The standard InChI is InChI=1S/C19H21NO4/c1-14(16-9-5-3-6-10-16)20-18(21)13-23-19(22)15(2)24-17-11-7-4-8-12-17/h3-12,14-15H,13H2,1-2H3,(H,20,21)/t14-,15+/m0/s1. The third-order valence-electron chi connectivity index (χ3n) is 3.41. The van der Waals surface area contributed by atoms with E-state index < -0.39 is 12.1 Å². The lowest BCUT2D eigenvalue weighted by molar-refractivity contribution is -0.154. The molecule has 126 valence electrons. The van der Waals surface area contributed by atoms with E-state index in [1.54, 1.807) is 19.1 Å². The van der Waals surface area contributed by atoms with Crippen LogP contribution in [0.4, 0.5) is 0 Å². The number of hydrogen-bond donors (Lipinski definition) is 1. The summed E-state index contributed by atoms with van der Waals surface area (Å²) in [5.41, 5.74) is 0.984. The topological polar surface area (TPSA) is 64.6 Å². The van der Waals surface area contributed by atoms with Crippen LogP contribution in [-0.2, 0) is 14.3 Å². The normalized spacial score (nSPS) is 12.8. The van der Waals surface area contributed by atoms with Gasteiger partial charge in [-0.15, -0.1) is 0 Å². The minimum atomic E-state index is -0.785. The number of rotatable bonds is 7. The van der Waals surface area contributed by atoms with Crippen LogP contribution in [0.15, 0.2) is 60.7 Å². The molecule has 0 heterocycles. The van der Waals surface area contributed by atoms with Crippen LogP contribution in [0.2, 0.25) is 0 Å². The molecule has 2 aromatic carbocycles. The highest BCUT2D eigenvalue weighted by atomic mass is 16.6. The minimum absolute atomic E-state index is 0.157. The molecule has 24 heavy (non-hydrogen) atoms. The molecule has 5 heteroatoms. The van der Waals surface area contributed by atoms with E-state index in [1.807, 2.05) is 55.5 Å². The predicted molar refractivity (Wildman–Crippen MR) is 90.5 cm³/mol. The zero-order valence-corrected chi connectivity index (χ0v) is 13.8. The number of hydrogen-bond acceptors (Lipinski definition) is 4. The summed E-state index contributed by atoms with van der Waals surface area (Å²) in [4.78, 5) is 23.8. The molecule has 1 amide bonds. The Labute approximate surface area is 141 Å². The maximum atomic E-state index is 11.9. The van der Waals surface area contributed by atoms with Gasteiger partial charge in [0.1, 0.15) is 5.75 Å². The van der Waals surface area contributed by atoms with E-state index in [1.165, 1.54) is 0 Å². The summed E-state index contributed by atoms with van der Waals surface area (Å²) in [6.45, 7) is 3.12. The van der Waals surface area contributed by atoms with Crippen molar-refractivity contribution in [1.29, 1.82) is 0 Å². The Bertz CT molecular complexity index is 658. The molecule has 0 aromatic heterocycles. The Kier molecular flexibility index (Phi) is 6.37. The largest absolute Gasteiger partial charge is 0.479 e. The maximum absolute atomic E-state index is 11.9. The lowest BCUT2D eigenvalue weighted by atomic mass is 10.1. The molecule has 0 fully saturated rings. The monoisotopic (exact) mass is 327 g/mol. The summed E-state index contributed by atoms with van der Waals surface area (Å²) in [6, 6.07) is 18.4. The Morgan fingerprint density at radius 3 is 2.17 bits per heavy atom. The second-order valence-corrected chi connectivity index (χ2v) is 5.38. The number of carbonyl (C=O) groups is 2. The summed E-state index contributed by atoms with van der Waals surface area (Å²) in [5, 5.41) is 2.78. The minimum Gasteiger partial charge on any atom is -0.479 e. The first-order chi connectivity index (χ1) is 11.6. The molecule has 0 unspecified atom stereocenters. The number of esters is 1. The van der Waals surface area contributed by atoms with Crippen molar-refractivity contribution in [2.75, 3.05) is 6.61 Å². The van der Waals surface area contributed by atoms with Gasteiger partial charge in [-0.1, -0.05) is 48.5 Å². The van der Waals surface area contributed by atoms with E-state index in [0.717, 1.165) is 5.56 Å². The highest BCUT2D eigenvalue weighted by molar-refractivity contribution is 5.82. The summed E-state index contributed by atoms with van der Waals surface area (Å²) in [7, 11) is 0. The van der Waals surface area contributed by atoms with Crippen molar-refractivity contribution in [2.45, 2.75) is 26.0 Å².